The number of fused-ring (bicyclic) bond motifs is 1. The number of amides is 2. The third-order valence-corrected chi connectivity index (χ3v) is 6.83. The number of carbonyl (C=O) groups excluding carboxylic acids is 1. The number of urea groups is 1. The van der Waals surface area contributed by atoms with Crippen LogP contribution < -0.4 is 10.9 Å². The van der Waals surface area contributed by atoms with Crippen molar-refractivity contribution in [2.75, 3.05) is 11.6 Å². The summed E-state index contributed by atoms with van der Waals surface area (Å²) >= 11 is 1.65. The first-order valence-corrected chi connectivity index (χ1v) is 12.4. The molecule has 0 saturated heterocycles. The zero-order chi connectivity index (χ0) is 24.2. The number of aromatic nitrogens is 2. The van der Waals surface area contributed by atoms with Crippen molar-refractivity contribution in [2.45, 2.75) is 30.8 Å². The molecule has 6 nitrogen and oxygen atoms in total. The first-order chi connectivity index (χ1) is 16.4. The van der Waals surface area contributed by atoms with Gasteiger partial charge in [0.25, 0.3) is 5.56 Å². The lowest BCUT2D eigenvalue weighted by Crippen LogP contribution is -2.41. The molecule has 0 saturated carbocycles. The number of nitrogens with zero attached hydrogens (tertiary/aromatic N) is 3. The van der Waals surface area contributed by atoms with Crippen LogP contribution in [-0.2, 0) is 7.05 Å². The number of hydrogen-bond acceptors (Lipinski definition) is 4. The van der Waals surface area contributed by atoms with Gasteiger partial charge in [-0.2, -0.15) is 0 Å². The Bertz CT molecular complexity index is 1350. The maximum Gasteiger partial charge on any atom is 0.322 e. The highest BCUT2D eigenvalue weighted by atomic mass is 32.2. The van der Waals surface area contributed by atoms with Crippen LogP contribution in [0.15, 0.2) is 88.6 Å². The van der Waals surface area contributed by atoms with E-state index in [1.807, 2.05) is 92.9 Å². The highest BCUT2D eigenvalue weighted by molar-refractivity contribution is 7.98. The van der Waals surface area contributed by atoms with Gasteiger partial charge in [0.15, 0.2) is 0 Å². The first-order valence-electron chi connectivity index (χ1n) is 11.1. The number of anilines is 1. The molecule has 2 atom stereocenters. The minimum Gasteiger partial charge on any atom is -0.308 e. The van der Waals surface area contributed by atoms with Crippen molar-refractivity contribution < 1.29 is 4.79 Å². The molecular weight excluding hydrogens is 444 g/mol. The van der Waals surface area contributed by atoms with Crippen LogP contribution in [0.3, 0.4) is 0 Å². The molecule has 0 bridgehead atoms. The SMILES string of the molecule is CSc1ccc(NC(=O)N(C(C)c2ccccc2)C(C)c2nc3ccccc3c(=O)n2C)cc1. The van der Waals surface area contributed by atoms with Crippen molar-refractivity contribution in [2.24, 2.45) is 7.05 Å². The molecule has 2 amide bonds. The molecule has 7 heteroatoms. The summed E-state index contributed by atoms with van der Waals surface area (Å²) in [4.78, 5) is 34.3. The van der Waals surface area contributed by atoms with Gasteiger partial charge in [-0.1, -0.05) is 42.5 Å². The molecule has 3 aromatic carbocycles. The van der Waals surface area contributed by atoms with Gasteiger partial charge in [0.1, 0.15) is 5.82 Å². The van der Waals surface area contributed by atoms with E-state index in [0.717, 1.165) is 10.5 Å². The third-order valence-electron chi connectivity index (χ3n) is 6.08. The fourth-order valence-electron chi connectivity index (χ4n) is 4.17. The number of thioether (sulfide) groups is 1. The molecule has 174 valence electrons. The van der Waals surface area contributed by atoms with Crippen LogP contribution >= 0.6 is 11.8 Å². The minimum atomic E-state index is -0.469. The zero-order valence-corrected chi connectivity index (χ0v) is 20.5. The molecule has 4 aromatic rings. The standard InChI is InChI=1S/C27H28N4O2S/c1-18(20-10-6-5-7-11-20)31(27(33)28-21-14-16-22(34-4)17-15-21)19(2)25-29-24-13-9-8-12-23(24)26(32)30(25)3/h5-19H,1-4H3,(H,28,33). The predicted molar refractivity (Wildman–Crippen MR) is 139 cm³/mol. The molecule has 1 heterocycles. The Kier molecular flexibility index (Phi) is 7.03. The van der Waals surface area contributed by atoms with Gasteiger partial charge in [0.2, 0.25) is 0 Å². The molecule has 0 radical (unpaired) electrons. The fourth-order valence-corrected chi connectivity index (χ4v) is 4.58. The Morgan fingerprint density at radius 1 is 0.941 bits per heavy atom. The van der Waals surface area contributed by atoms with E-state index >= 15 is 0 Å². The van der Waals surface area contributed by atoms with Crippen molar-refractivity contribution in [3.8, 4) is 0 Å². The summed E-state index contributed by atoms with van der Waals surface area (Å²) in [6, 6.07) is 23.9. The molecule has 0 aliphatic carbocycles. The summed E-state index contributed by atoms with van der Waals surface area (Å²) < 4.78 is 1.54. The summed E-state index contributed by atoms with van der Waals surface area (Å²) in [5, 5.41) is 3.59. The highest BCUT2D eigenvalue weighted by Crippen LogP contribution is 2.31. The molecule has 34 heavy (non-hydrogen) atoms. The van der Waals surface area contributed by atoms with Gasteiger partial charge in [-0.3, -0.25) is 9.36 Å². The van der Waals surface area contributed by atoms with E-state index in [1.165, 1.54) is 4.57 Å². The smallest absolute Gasteiger partial charge is 0.308 e. The van der Waals surface area contributed by atoms with Crippen LogP contribution in [0.1, 0.15) is 37.3 Å². The van der Waals surface area contributed by atoms with E-state index in [0.29, 0.717) is 22.4 Å². The van der Waals surface area contributed by atoms with Crippen LogP contribution in [0.25, 0.3) is 10.9 Å². The maximum absolute atomic E-state index is 13.7. The minimum absolute atomic E-state index is 0.132. The van der Waals surface area contributed by atoms with Crippen LogP contribution in [0.5, 0.6) is 0 Å². The number of rotatable bonds is 6. The molecular formula is C27H28N4O2S. The number of para-hydroxylation sites is 1. The van der Waals surface area contributed by atoms with Crippen LogP contribution in [0.2, 0.25) is 0 Å². The normalized spacial score (nSPS) is 12.8. The Morgan fingerprint density at radius 2 is 1.59 bits per heavy atom. The van der Waals surface area contributed by atoms with Crippen LogP contribution in [0.4, 0.5) is 10.5 Å². The lowest BCUT2D eigenvalue weighted by molar-refractivity contribution is 0.162. The molecule has 4 rings (SSSR count). The van der Waals surface area contributed by atoms with Gasteiger partial charge in [0.05, 0.1) is 23.0 Å². The summed E-state index contributed by atoms with van der Waals surface area (Å²) in [6.45, 7) is 3.90. The highest BCUT2D eigenvalue weighted by Gasteiger charge is 2.30. The fraction of sp³-hybridized carbons (Fsp3) is 0.222. The van der Waals surface area contributed by atoms with Gasteiger partial charge >= 0.3 is 6.03 Å². The van der Waals surface area contributed by atoms with Crippen molar-refractivity contribution >= 4 is 34.4 Å². The van der Waals surface area contributed by atoms with Gasteiger partial charge in [-0.05, 0) is 62.1 Å². The third kappa shape index (κ3) is 4.70. The van der Waals surface area contributed by atoms with Crippen molar-refractivity contribution in [1.29, 1.82) is 0 Å². The largest absolute Gasteiger partial charge is 0.322 e. The van der Waals surface area contributed by atoms with E-state index < -0.39 is 6.04 Å². The van der Waals surface area contributed by atoms with Crippen molar-refractivity contribution in [3.05, 3.63) is 101 Å². The van der Waals surface area contributed by atoms with Gasteiger partial charge in [-0.15, -0.1) is 11.8 Å². The quantitative estimate of drug-likeness (QED) is 0.349. The molecule has 1 aromatic heterocycles. The second-order valence-corrected chi connectivity index (χ2v) is 9.06. The number of hydrogen-bond donors (Lipinski definition) is 1. The summed E-state index contributed by atoms with van der Waals surface area (Å²) in [7, 11) is 1.71. The van der Waals surface area contributed by atoms with E-state index in [4.69, 9.17) is 4.98 Å². The molecule has 0 aliphatic rings. The Hall–Kier alpha value is -3.58. The van der Waals surface area contributed by atoms with E-state index in [1.54, 1.807) is 29.8 Å². The summed E-state index contributed by atoms with van der Waals surface area (Å²) in [6.07, 6.45) is 2.01. The zero-order valence-electron chi connectivity index (χ0n) is 19.7. The second kappa shape index (κ2) is 10.1. The first kappa shape index (κ1) is 23.6. The maximum atomic E-state index is 13.7. The van der Waals surface area contributed by atoms with Gasteiger partial charge in [-0.25, -0.2) is 9.78 Å². The van der Waals surface area contributed by atoms with Gasteiger partial charge < -0.3 is 10.2 Å². The van der Waals surface area contributed by atoms with Gasteiger partial charge in [0, 0.05) is 17.6 Å². The lowest BCUT2D eigenvalue weighted by atomic mass is 10.0. The molecule has 0 fully saturated rings. The predicted octanol–water partition coefficient (Wildman–Crippen LogP) is 6.01. The molecule has 1 N–H and O–H groups in total. The van der Waals surface area contributed by atoms with Crippen LogP contribution in [-0.4, -0.2) is 26.7 Å². The topological polar surface area (TPSA) is 67.2 Å². The number of benzene rings is 3. The van der Waals surface area contributed by atoms with Crippen LogP contribution in [0, 0.1) is 0 Å². The summed E-state index contributed by atoms with van der Waals surface area (Å²) in [5.74, 6) is 0.527. The monoisotopic (exact) mass is 472 g/mol. The molecule has 0 aliphatic heterocycles. The van der Waals surface area contributed by atoms with E-state index in [-0.39, 0.29) is 17.6 Å². The van der Waals surface area contributed by atoms with Crippen molar-refractivity contribution in [3.63, 3.8) is 0 Å². The Labute approximate surface area is 203 Å². The van der Waals surface area contributed by atoms with E-state index in [9.17, 15) is 9.59 Å². The Balaban J connectivity index is 1.75. The van der Waals surface area contributed by atoms with E-state index in [2.05, 4.69) is 5.32 Å². The van der Waals surface area contributed by atoms with Crippen molar-refractivity contribution in [1.82, 2.24) is 14.5 Å². The average Bonchev–Trinajstić information content (AvgIpc) is 2.87. The average molecular weight is 473 g/mol. The molecule has 2 unspecified atom stereocenters. The second-order valence-electron chi connectivity index (χ2n) is 8.18. The number of nitrogens with one attached hydrogen (secondary N) is 1. The summed E-state index contributed by atoms with van der Waals surface area (Å²) in [5.41, 5.74) is 2.19. The molecule has 0 spiro atoms. The lowest BCUT2D eigenvalue weighted by Gasteiger charge is -2.35. The Morgan fingerprint density at radius 3 is 2.26 bits per heavy atom. The number of carbonyl (C=O) groups is 1.